The first-order valence-corrected chi connectivity index (χ1v) is 9.70. The molecule has 0 radical (unpaired) electrons. The van der Waals surface area contributed by atoms with Crippen molar-refractivity contribution in [1.82, 2.24) is 0 Å². The minimum Gasteiger partial charge on any atom is -0.493 e. The van der Waals surface area contributed by atoms with Crippen molar-refractivity contribution in [2.24, 2.45) is 4.99 Å². The Hall–Kier alpha value is -2.59. The van der Waals surface area contributed by atoms with Crippen LogP contribution < -0.4 is 14.2 Å². The van der Waals surface area contributed by atoms with Crippen molar-refractivity contribution in [3.05, 3.63) is 55.7 Å². The fourth-order valence-corrected chi connectivity index (χ4v) is 3.26. The van der Waals surface area contributed by atoms with Crippen LogP contribution in [-0.4, -0.2) is 32.1 Å². The third-order valence-corrected chi connectivity index (χ3v) is 4.81. The van der Waals surface area contributed by atoms with Crippen molar-refractivity contribution in [1.29, 1.82) is 0 Å². The van der Waals surface area contributed by atoms with Gasteiger partial charge < -0.3 is 18.9 Å². The molecule has 9 heteroatoms. The molecule has 0 atom stereocenters. The van der Waals surface area contributed by atoms with Gasteiger partial charge in [-0.1, -0.05) is 11.6 Å². The van der Waals surface area contributed by atoms with Gasteiger partial charge in [0.15, 0.2) is 17.2 Å². The summed E-state index contributed by atoms with van der Waals surface area (Å²) in [6.07, 6.45) is 1.51. The van der Waals surface area contributed by atoms with Crippen LogP contribution in [0.3, 0.4) is 0 Å². The van der Waals surface area contributed by atoms with Crippen molar-refractivity contribution in [3.8, 4) is 17.2 Å². The summed E-state index contributed by atoms with van der Waals surface area (Å²) < 4.78 is 21.9. The molecular formula is C20H15ClINO6. The van der Waals surface area contributed by atoms with E-state index in [2.05, 4.69) is 27.6 Å². The summed E-state index contributed by atoms with van der Waals surface area (Å²) in [6, 6.07) is 8.50. The van der Waals surface area contributed by atoms with E-state index < -0.39 is 11.9 Å². The summed E-state index contributed by atoms with van der Waals surface area (Å²) in [5.41, 5.74) is 1.15. The molecule has 29 heavy (non-hydrogen) atoms. The highest BCUT2D eigenvalue weighted by atomic mass is 127. The number of hydrogen-bond acceptors (Lipinski definition) is 7. The van der Waals surface area contributed by atoms with Gasteiger partial charge in [0.1, 0.15) is 0 Å². The lowest BCUT2D eigenvalue weighted by Crippen LogP contribution is -2.06. The third-order valence-electron chi connectivity index (χ3n) is 3.81. The molecule has 150 valence electrons. The predicted octanol–water partition coefficient (Wildman–Crippen LogP) is 4.23. The van der Waals surface area contributed by atoms with Crippen molar-refractivity contribution in [2.75, 3.05) is 14.2 Å². The van der Waals surface area contributed by atoms with E-state index >= 15 is 0 Å². The number of halogens is 2. The average molecular weight is 528 g/mol. The van der Waals surface area contributed by atoms with Crippen LogP contribution in [0.1, 0.15) is 18.1 Å². The van der Waals surface area contributed by atoms with Gasteiger partial charge in [-0.15, -0.1) is 0 Å². The fraction of sp³-hybridized carbons (Fsp3) is 0.150. The molecule has 0 unspecified atom stereocenters. The zero-order valence-electron chi connectivity index (χ0n) is 15.6. The monoisotopic (exact) mass is 527 g/mol. The lowest BCUT2D eigenvalue weighted by molar-refractivity contribution is -0.132. The second kappa shape index (κ2) is 8.83. The zero-order chi connectivity index (χ0) is 21.1. The van der Waals surface area contributed by atoms with E-state index in [1.165, 1.54) is 27.2 Å². The summed E-state index contributed by atoms with van der Waals surface area (Å²) in [6.45, 7) is 1.27. The number of hydrogen-bond donors (Lipinski definition) is 0. The van der Waals surface area contributed by atoms with Crippen LogP contribution >= 0.6 is 34.2 Å². The van der Waals surface area contributed by atoms with Gasteiger partial charge in [-0.3, -0.25) is 4.79 Å². The van der Waals surface area contributed by atoms with Crippen molar-refractivity contribution >= 4 is 58.1 Å². The van der Waals surface area contributed by atoms with Gasteiger partial charge in [0.2, 0.25) is 11.6 Å². The quantitative estimate of drug-likeness (QED) is 0.250. The lowest BCUT2D eigenvalue weighted by Gasteiger charge is -2.13. The van der Waals surface area contributed by atoms with Crippen LogP contribution in [0.25, 0.3) is 6.08 Å². The Kier molecular flexibility index (Phi) is 6.43. The van der Waals surface area contributed by atoms with Gasteiger partial charge in [-0.25, -0.2) is 9.79 Å². The summed E-state index contributed by atoms with van der Waals surface area (Å²) in [5.74, 6) is -0.327. The second-order valence-corrected chi connectivity index (χ2v) is 7.46. The number of esters is 2. The molecule has 1 aliphatic heterocycles. The largest absolute Gasteiger partial charge is 0.493 e. The topological polar surface area (TPSA) is 83.4 Å². The van der Waals surface area contributed by atoms with Crippen LogP contribution in [0.2, 0.25) is 5.02 Å². The highest BCUT2D eigenvalue weighted by Gasteiger charge is 2.26. The van der Waals surface area contributed by atoms with E-state index in [9.17, 15) is 9.59 Å². The van der Waals surface area contributed by atoms with E-state index in [1.807, 2.05) is 6.07 Å². The molecule has 0 saturated carbocycles. The standard InChI is InChI=1S/C20H15ClINO6/c1-10(24)28-18-16(26-2)7-11(8-17(18)27-3)6-15-20(25)29-19(23-15)13-9-12(22)4-5-14(13)21/h4-9H,1-3H3. The molecule has 2 aromatic carbocycles. The fourth-order valence-electron chi connectivity index (χ4n) is 2.57. The number of benzene rings is 2. The Morgan fingerprint density at radius 2 is 1.83 bits per heavy atom. The Balaban J connectivity index is 2.03. The molecule has 0 aliphatic carbocycles. The minimum atomic E-state index is -0.614. The SMILES string of the molecule is COc1cc(C=C2N=C(c3cc(I)ccc3Cl)OC2=O)cc(OC)c1OC(C)=O. The Morgan fingerprint density at radius 1 is 1.17 bits per heavy atom. The maximum Gasteiger partial charge on any atom is 0.363 e. The van der Waals surface area contributed by atoms with Crippen LogP contribution in [0.15, 0.2) is 41.0 Å². The van der Waals surface area contributed by atoms with E-state index in [4.69, 9.17) is 30.5 Å². The van der Waals surface area contributed by atoms with Crippen molar-refractivity contribution in [2.45, 2.75) is 6.92 Å². The molecular weight excluding hydrogens is 513 g/mol. The molecule has 3 rings (SSSR count). The summed E-state index contributed by atoms with van der Waals surface area (Å²) in [7, 11) is 2.86. The molecule has 7 nitrogen and oxygen atoms in total. The van der Waals surface area contributed by atoms with E-state index in [1.54, 1.807) is 24.3 Å². The first-order valence-electron chi connectivity index (χ1n) is 8.24. The number of ether oxygens (including phenoxy) is 4. The van der Waals surface area contributed by atoms with Gasteiger partial charge in [0.05, 0.1) is 24.8 Å². The number of cyclic esters (lactones) is 1. The predicted molar refractivity (Wildman–Crippen MR) is 116 cm³/mol. The van der Waals surface area contributed by atoms with Crippen LogP contribution in [0, 0.1) is 3.57 Å². The van der Waals surface area contributed by atoms with E-state index in [0.717, 1.165) is 3.57 Å². The van der Waals surface area contributed by atoms with Gasteiger partial charge in [-0.2, -0.15) is 0 Å². The number of carbonyl (C=O) groups excluding carboxylic acids is 2. The van der Waals surface area contributed by atoms with Crippen LogP contribution in [-0.2, 0) is 14.3 Å². The number of aliphatic imine (C=N–C) groups is 1. The minimum absolute atomic E-state index is 0.0827. The molecule has 1 heterocycles. The summed E-state index contributed by atoms with van der Waals surface area (Å²) in [5, 5.41) is 0.423. The molecule has 1 aliphatic rings. The summed E-state index contributed by atoms with van der Waals surface area (Å²) in [4.78, 5) is 27.9. The van der Waals surface area contributed by atoms with E-state index in [0.29, 0.717) is 16.1 Å². The Bertz CT molecular complexity index is 1040. The normalized spacial score (nSPS) is 14.4. The molecule has 2 aromatic rings. The van der Waals surface area contributed by atoms with Crippen LogP contribution in [0.4, 0.5) is 0 Å². The first kappa shape index (κ1) is 21.1. The van der Waals surface area contributed by atoms with Gasteiger partial charge in [0, 0.05) is 10.5 Å². The van der Waals surface area contributed by atoms with Crippen molar-refractivity contribution < 1.29 is 28.5 Å². The summed E-state index contributed by atoms with van der Waals surface area (Å²) >= 11 is 8.33. The zero-order valence-corrected chi connectivity index (χ0v) is 18.5. The van der Waals surface area contributed by atoms with Crippen LogP contribution in [0.5, 0.6) is 17.2 Å². The van der Waals surface area contributed by atoms with Gasteiger partial charge in [-0.05, 0) is 64.6 Å². The van der Waals surface area contributed by atoms with Gasteiger partial charge in [0.25, 0.3) is 0 Å². The molecule has 0 fully saturated rings. The number of methoxy groups -OCH3 is 2. The molecule has 0 saturated heterocycles. The molecule has 0 bridgehead atoms. The maximum atomic E-state index is 12.3. The smallest absolute Gasteiger partial charge is 0.363 e. The first-order chi connectivity index (χ1) is 13.8. The Morgan fingerprint density at radius 3 is 2.41 bits per heavy atom. The molecule has 0 amide bonds. The van der Waals surface area contributed by atoms with Gasteiger partial charge >= 0.3 is 11.9 Å². The maximum absolute atomic E-state index is 12.3. The molecule has 0 aromatic heterocycles. The van der Waals surface area contributed by atoms with E-state index in [-0.39, 0.29) is 28.8 Å². The number of nitrogens with zero attached hydrogens (tertiary/aromatic N) is 1. The lowest BCUT2D eigenvalue weighted by atomic mass is 10.1. The number of rotatable bonds is 5. The second-order valence-electron chi connectivity index (χ2n) is 5.81. The number of carbonyl (C=O) groups is 2. The highest BCUT2D eigenvalue weighted by Crippen LogP contribution is 2.39. The molecule has 0 N–H and O–H groups in total. The van der Waals surface area contributed by atoms with Crippen molar-refractivity contribution in [3.63, 3.8) is 0 Å². The average Bonchev–Trinajstić information content (AvgIpc) is 3.04. The highest BCUT2D eigenvalue weighted by molar-refractivity contribution is 14.1. The Labute approximate surface area is 185 Å². The third kappa shape index (κ3) is 4.70. The molecule has 0 spiro atoms.